The summed E-state index contributed by atoms with van der Waals surface area (Å²) in [6.07, 6.45) is -0.867. The molecule has 2 heterocycles. The van der Waals surface area contributed by atoms with Crippen molar-refractivity contribution in [2.75, 3.05) is 0 Å². The Bertz CT molecular complexity index is 676. The lowest BCUT2D eigenvalue weighted by molar-refractivity contribution is -0.156. The van der Waals surface area contributed by atoms with Crippen molar-refractivity contribution in [1.29, 1.82) is 0 Å². The molecule has 4 atom stereocenters. The van der Waals surface area contributed by atoms with E-state index in [4.69, 9.17) is 0 Å². The normalized spacial score (nSPS) is 25.9. The van der Waals surface area contributed by atoms with Crippen molar-refractivity contribution < 1.29 is 24.4 Å². The monoisotopic (exact) mass is 353 g/mol. The summed E-state index contributed by atoms with van der Waals surface area (Å²) in [6, 6.07) is 9.12. The summed E-state index contributed by atoms with van der Waals surface area (Å²) >= 11 is -0.447. The Labute approximate surface area is 140 Å². The van der Waals surface area contributed by atoms with Gasteiger partial charge in [-0.25, -0.2) is 4.79 Å². The number of nitrogens with zero attached hydrogens (tertiary/aromatic N) is 1. The van der Waals surface area contributed by atoms with E-state index in [0.29, 0.717) is 0 Å². The predicted molar refractivity (Wildman–Crippen MR) is 86.3 cm³/mol. The Morgan fingerprint density at radius 3 is 2.65 bits per heavy atom. The smallest absolute Gasteiger partial charge is 0.358 e. The van der Waals surface area contributed by atoms with Gasteiger partial charge in [0.25, 0.3) is 0 Å². The standard InChI is InChI=1S/C15H15NO5S2/c1-8(17)10-12(18)16-11(14(19)20)15(22-13(10)16)23(21)7-9-5-3-2-4-6-9/h2-6,8,10,13,17H,7H2,1H3,(H,19,20)/t8-,10+,13+,23?/m0/s1. The number of aliphatic hydroxyl groups excluding tert-OH is 1. The fourth-order valence-corrected chi connectivity index (χ4v) is 5.95. The fourth-order valence-electron chi connectivity index (χ4n) is 2.70. The number of carboxylic acid groups (broad SMARTS) is 1. The van der Waals surface area contributed by atoms with E-state index >= 15 is 0 Å². The molecule has 0 bridgehead atoms. The summed E-state index contributed by atoms with van der Waals surface area (Å²) in [5.74, 6) is -2.16. The molecule has 1 unspecified atom stereocenters. The third kappa shape index (κ3) is 2.76. The Morgan fingerprint density at radius 1 is 1.43 bits per heavy atom. The second-order valence-electron chi connectivity index (χ2n) is 5.40. The van der Waals surface area contributed by atoms with Gasteiger partial charge in [0.15, 0.2) is 5.70 Å². The lowest BCUT2D eigenvalue weighted by atomic mass is 9.92. The van der Waals surface area contributed by atoms with Gasteiger partial charge in [0.1, 0.15) is 11.1 Å². The zero-order valence-corrected chi connectivity index (χ0v) is 13.8. The van der Waals surface area contributed by atoms with Gasteiger partial charge in [-0.1, -0.05) is 30.3 Å². The van der Waals surface area contributed by atoms with Crippen LogP contribution < -0.4 is 0 Å². The Balaban J connectivity index is 1.86. The van der Waals surface area contributed by atoms with Gasteiger partial charge in [0.2, 0.25) is 10.1 Å². The van der Waals surface area contributed by atoms with Crippen LogP contribution >= 0.6 is 11.8 Å². The number of carboxylic acids is 1. The number of fused-ring (bicyclic) bond motifs is 1. The van der Waals surface area contributed by atoms with Crippen LogP contribution in [0, 0.1) is 5.92 Å². The molecule has 3 rings (SSSR count). The highest BCUT2D eigenvalue weighted by molar-refractivity contribution is 8.19. The number of hydrogen-bond donors (Lipinski definition) is 2. The van der Waals surface area contributed by atoms with E-state index in [9.17, 15) is 24.4 Å². The molecule has 0 aromatic heterocycles. The first-order valence-corrected chi connectivity index (χ1v) is 9.19. The molecule has 2 N–H and O–H groups in total. The van der Waals surface area contributed by atoms with E-state index < -0.39 is 40.4 Å². The van der Waals surface area contributed by atoms with E-state index in [-0.39, 0.29) is 15.7 Å². The molecule has 0 spiro atoms. The lowest BCUT2D eigenvalue weighted by Gasteiger charge is -2.42. The highest BCUT2D eigenvalue weighted by Gasteiger charge is 2.60. The molecule has 0 radical (unpaired) electrons. The molecule has 6 nitrogen and oxygen atoms in total. The van der Waals surface area contributed by atoms with Crippen molar-refractivity contribution in [3.05, 3.63) is 45.8 Å². The maximum Gasteiger partial charge on any atom is 0.358 e. The summed E-state index contributed by atoms with van der Waals surface area (Å²) in [7, 11) is 0. The maximum absolute atomic E-state index is 12.6. The number of amides is 1. The lowest BCUT2D eigenvalue weighted by Crippen LogP contribution is -2.60. The summed E-state index contributed by atoms with van der Waals surface area (Å²) in [5, 5.41) is 18.6. The zero-order chi connectivity index (χ0) is 16.7. The number of carbonyl (C=O) groups excluding carboxylic acids is 1. The molecule has 1 amide bonds. The van der Waals surface area contributed by atoms with Crippen molar-refractivity contribution in [2.45, 2.75) is 24.2 Å². The van der Waals surface area contributed by atoms with Gasteiger partial charge in [0.05, 0.1) is 12.0 Å². The number of aliphatic carboxylic acids is 1. The molecular formula is C15H15NO5S2. The number of benzene rings is 1. The SMILES string of the molecule is C[C@H](O)[C@@H]1C(=O)N2C(C(=O)O)=C([S+]([O-])Cc3ccccc3)S[C@H]12. The van der Waals surface area contributed by atoms with Crippen molar-refractivity contribution in [3.63, 3.8) is 0 Å². The van der Waals surface area contributed by atoms with Crippen LogP contribution in [0.5, 0.6) is 0 Å². The predicted octanol–water partition coefficient (Wildman–Crippen LogP) is 1.10. The van der Waals surface area contributed by atoms with E-state index in [1.807, 2.05) is 30.3 Å². The molecule has 122 valence electrons. The third-order valence-electron chi connectivity index (χ3n) is 3.82. The van der Waals surface area contributed by atoms with Crippen LogP contribution in [0.25, 0.3) is 0 Å². The van der Waals surface area contributed by atoms with Crippen molar-refractivity contribution >= 4 is 34.8 Å². The quantitative estimate of drug-likeness (QED) is 0.607. The first-order valence-electron chi connectivity index (χ1n) is 6.99. The van der Waals surface area contributed by atoms with Crippen LogP contribution in [0.3, 0.4) is 0 Å². The Hall–Kier alpha value is -1.48. The van der Waals surface area contributed by atoms with E-state index in [1.54, 1.807) is 0 Å². The van der Waals surface area contributed by atoms with Gasteiger partial charge >= 0.3 is 5.97 Å². The molecule has 23 heavy (non-hydrogen) atoms. The highest BCUT2D eigenvalue weighted by atomic mass is 32.3. The summed E-state index contributed by atoms with van der Waals surface area (Å²) in [5.41, 5.74) is 0.618. The number of hydrogen-bond acceptors (Lipinski definition) is 5. The molecule has 0 saturated carbocycles. The molecule has 8 heteroatoms. The fraction of sp³-hybridized carbons (Fsp3) is 0.333. The van der Waals surface area contributed by atoms with Crippen LogP contribution in [-0.4, -0.2) is 43.0 Å². The van der Waals surface area contributed by atoms with Crippen LogP contribution in [0.15, 0.2) is 40.3 Å². The molecule has 0 aliphatic carbocycles. The minimum Gasteiger partial charge on any atom is -0.611 e. The number of aliphatic hydroxyl groups is 1. The minimum atomic E-state index is -1.56. The average Bonchev–Trinajstić information content (AvgIpc) is 2.83. The molecule has 1 aromatic rings. The molecular weight excluding hydrogens is 338 g/mol. The number of rotatable bonds is 5. The van der Waals surface area contributed by atoms with Gasteiger partial charge in [-0.15, -0.1) is 0 Å². The summed E-state index contributed by atoms with van der Waals surface area (Å²) in [6.45, 7) is 1.50. The molecule has 1 fully saturated rings. The van der Waals surface area contributed by atoms with E-state index in [1.165, 1.54) is 6.92 Å². The van der Waals surface area contributed by atoms with Gasteiger partial charge < -0.3 is 14.8 Å². The van der Waals surface area contributed by atoms with E-state index in [2.05, 4.69) is 0 Å². The summed E-state index contributed by atoms with van der Waals surface area (Å²) < 4.78 is 12.8. The van der Waals surface area contributed by atoms with Crippen molar-refractivity contribution in [2.24, 2.45) is 5.92 Å². The van der Waals surface area contributed by atoms with Crippen LogP contribution in [0.1, 0.15) is 12.5 Å². The van der Waals surface area contributed by atoms with Gasteiger partial charge in [-0.3, -0.25) is 9.69 Å². The van der Waals surface area contributed by atoms with E-state index in [0.717, 1.165) is 22.2 Å². The molecule has 1 saturated heterocycles. The topological polar surface area (TPSA) is 101 Å². The van der Waals surface area contributed by atoms with Crippen molar-refractivity contribution in [1.82, 2.24) is 4.90 Å². The third-order valence-corrected chi connectivity index (χ3v) is 7.02. The second-order valence-corrected chi connectivity index (χ2v) is 8.17. The second kappa shape index (κ2) is 6.20. The Kier molecular flexibility index (Phi) is 4.41. The zero-order valence-electron chi connectivity index (χ0n) is 12.2. The minimum absolute atomic E-state index is 0.189. The van der Waals surface area contributed by atoms with Gasteiger partial charge in [-0.2, -0.15) is 0 Å². The van der Waals surface area contributed by atoms with Crippen LogP contribution in [-0.2, 0) is 26.5 Å². The number of thioether (sulfide) groups is 1. The highest BCUT2D eigenvalue weighted by Crippen LogP contribution is 2.52. The van der Waals surface area contributed by atoms with Gasteiger partial charge in [0, 0.05) is 5.56 Å². The first kappa shape index (κ1) is 16.4. The number of carbonyl (C=O) groups is 2. The molecule has 2 aliphatic rings. The largest absolute Gasteiger partial charge is 0.611 e. The number of β-lactam (4-membered cyclic amide) rings is 1. The van der Waals surface area contributed by atoms with Crippen LogP contribution in [0.2, 0.25) is 0 Å². The van der Waals surface area contributed by atoms with Gasteiger partial charge in [-0.05, 0) is 29.9 Å². The van der Waals surface area contributed by atoms with Crippen molar-refractivity contribution in [3.8, 4) is 0 Å². The van der Waals surface area contributed by atoms with Crippen LogP contribution in [0.4, 0.5) is 0 Å². The summed E-state index contributed by atoms with van der Waals surface area (Å²) in [4.78, 5) is 24.7. The molecule has 1 aromatic carbocycles. The average molecular weight is 353 g/mol. The first-order chi connectivity index (χ1) is 10.9. The molecule has 2 aliphatic heterocycles. The Morgan fingerprint density at radius 2 is 2.09 bits per heavy atom. The maximum atomic E-state index is 12.6.